The Balaban J connectivity index is 1.58. The average molecular weight is 489 g/mol. The van der Waals surface area contributed by atoms with E-state index in [0.29, 0.717) is 28.9 Å². The van der Waals surface area contributed by atoms with Crippen LogP contribution in [0.1, 0.15) is 30.2 Å². The largest absolute Gasteiger partial charge is 0.497 e. The molecule has 0 bridgehead atoms. The van der Waals surface area contributed by atoms with Gasteiger partial charge in [0.05, 0.1) is 31.5 Å². The zero-order valence-corrected chi connectivity index (χ0v) is 20.3. The van der Waals surface area contributed by atoms with E-state index in [2.05, 4.69) is 10.5 Å². The molecule has 9 heteroatoms. The summed E-state index contributed by atoms with van der Waals surface area (Å²) in [7, 11) is 1.61. The lowest BCUT2D eigenvalue weighted by Crippen LogP contribution is -2.45. The Hall–Kier alpha value is -3.98. The predicted molar refractivity (Wildman–Crippen MR) is 133 cm³/mol. The maximum absolute atomic E-state index is 13.2. The summed E-state index contributed by atoms with van der Waals surface area (Å²) < 4.78 is 16.6. The number of nitrogens with zero attached hydrogens (tertiary/aromatic N) is 3. The van der Waals surface area contributed by atoms with Gasteiger partial charge in [-0.25, -0.2) is 4.79 Å². The van der Waals surface area contributed by atoms with Crippen molar-refractivity contribution in [2.45, 2.75) is 24.4 Å². The number of nitrogens with one attached hydrogen (secondary N) is 1. The highest BCUT2D eigenvalue weighted by Gasteiger charge is 2.36. The van der Waals surface area contributed by atoms with E-state index in [-0.39, 0.29) is 12.6 Å². The Morgan fingerprint density at radius 3 is 2.69 bits per heavy atom. The molecular weight excluding hydrogens is 464 g/mol. The van der Waals surface area contributed by atoms with Crippen LogP contribution in [0.4, 0.5) is 4.79 Å². The van der Waals surface area contributed by atoms with Gasteiger partial charge in [0, 0.05) is 16.2 Å². The number of carbonyl (C=O) groups is 1. The van der Waals surface area contributed by atoms with Crippen molar-refractivity contribution >= 4 is 23.4 Å². The van der Waals surface area contributed by atoms with Gasteiger partial charge in [0.1, 0.15) is 11.5 Å². The number of allylic oxidation sites excluding steroid dienone is 1. The Morgan fingerprint density at radius 1 is 1.14 bits per heavy atom. The molecule has 0 aliphatic carbocycles. The molecule has 0 spiro atoms. The summed E-state index contributed by atoms with van der Waals surface area (Å²) in [5.74, 6) is 2.14. The number of benzene rings is 2. The summed E-state index contributed by atoms with van der Waals surface area (Å²) in [6.45, 7) is 2.17. The first-order valence-corrected chi connectivity index (χ1v) is 12.2. The molecule has 2 aromatic carbocycles. The van der Waals surface area contributed by atoms with Gasteiger partial charge >= 0.3 is 6.03 Å². The lowest BCUT2D eigenvalue weighted by Gasteiger charge is -2.34. The van der Waals surface area contributed by atoms with E-state index in [4.69, 9.17) is 18.7 Å². The second kappa shape index (κ2) is 9.71. The second-order valence-electron chi connectivity index (χ2n) is 7.98. The maximum Gasteiger partial charge on any atom is 0.322 e. The first-order valence-electron chi connectivity index (χ1n) is 11.0. The molecule has 2 aromatic heterocycles. The van der Waals surface area contributed by atoms with Crippen molar-refractivity contribution in [1.82, 2.24) is 20.4 Å². The van der Waals surface area contributed by atoms with Crippen LogP contribution < -0.4 is 10.1 Å². The molecule has 1 atom stereocenters. The zero-order chi connectivity index (χ0) is 24.4. The first-order chi connectivity index (χ1) is 17.1. The van der Waals surface area contributed by atoms with Crippen LogP contribution in [0.15, 0.2) is 86.5 Å². The fourth-order valence-electron chi connectivity index (χ4n) is 4.07. The highest BCUT2D eigenvalue weighted by Crippen LogP contribution is 2.38. The minimum atomic E-state index is -0.454. The highest BCUT2D eigenvalue weighted by atomic mass is 32.2. The van der Waals surface area contributed by atoms with E-state index in [9.17, 15) is 4.79 Å². The van der Waals surface area contributed by atoms with Crippen LogP contribution in [0.3, 0.4) is 0 Å². The molecule has 4 aromatic rings. The standard InChI is InChI=1S/C26H24N4O4S/c1-16-22(25-28-24(29-34-25)18-6-4-7-19(14-18)32-2)23(17-9-11-21(35-3)12-10-17)27-26(31)30(16)15-20-8-5-13-33-20/h4-14,23H,15H2,1-3H3,(H,27,31). The summed E-state index contributed by atoms with van der Waals surface area (Å²) >= 11 is 1.66. The minimum Gasteiger partial charge on any atom is -0.497 e. The number of methoxy groups -OCH3 is 1. The third-order valence-corrected chi connectivity index (χ3v) is 6.67. The van der Waals surface area contributed by atoms with Gasteiger partial charge in [-0.1, -0.05) is 29.4 Å². The van der Waals surface area contributed by atoms with Crippen molar-refractivity contribution in [2.75, 3.05) is 13.4 Å². The van der Waals surface area contributed by atoms with Gasteiger partial charge in [-0.2, -0.15) is 4.98 Å². The molecule has 35 heavy (non-hydrogen) atoms. The molecule has 1 N–H and O–H groups in total. The van der Waals surface area contributed by atoms with Crippen LogP contribution in [0.5, 0.6) is 5.75 Å². The van der Waals surface area contributed by atoms with Crippen LogP contribution in [0.2, 0.25) is 0 Å². The Bertz CT molecular complexity index is 1360. The first kappa shape index (κ1) is 22.8. The Morgan fingerprint density at radius 2 is 1.97 bits per heavy atom. The fraction of sp³-hybridized carbons (Fsp3) is 0.192. The van der Waals surface area contributed by atoms with Crippen LogP contribution >= 0.6 is 11.8 Å². The molecule has 8 nitrogen and oxygen atoms in total. The van der Waals surface area contributed by atoms with Gasteiger partial charge in [-0.05, 0) is 55.1 Å². The van der Waals surface area contributed by atoms with Gasteiger partial charge in [-0.3, -0.25) is 4.90 Å². The number of urea groups is 1. The summed E-state index contributed by atoms with van der Waals surface area (Å²) in [6.07, 6.45) is 3.61. The van der Waals surface area contributed by atoms with E-state index >= 15 is 0 Å². The van der Waals surface area contributed by atoms with Crippen molar-refractivity contribution in [2.24, 2.45) is 0 Å². The molecular formula is C26H24N4O4S. The van der Waals surface area contributed by atoms with Crippen LogP contribution in [0, 0.1) is 0 Å². The van der Waals surface area contributed by atoms with Crippen molar-refractivity contribution < 1.29 is 18.5 Å². The second-order valence-corrected chi connectivity index (χ2v) is 8.86. The molecule has 0 saturated heterocycles. The Kier molecular flexibility index (Phi) is 6.33. The molecule has 1 unspecified atom stereocenters. The van der Waals surface area contributed by atoms with Gasteiger partial charge in [0.15, 0.2) is 0 Å². The summed E-state index contributed by atoms with van der Waals surface area (Å²) in [5, 5.41) is 7.33. The minimum absolute atomic E-state index is 0.228. The molecule has 178 valence electrons. The SMILES string of the molecule is COc1cccc(-c2noc(C3=C(C)N(Cc4ccco4)C(=O)NC3c3ccc(SC)cc3)n2)c1. The smallest absolute Gasteiger partial charge is 0.322 e. The van der Waals surface area contributed by atoms with Crippen molar-refractivity contribution in [3.05, 3.63) is 89.8 Å². The highest BCUT2D eigenvalue weighted by molar-refractivity contribution is 7.98. The number of aromatic nitrogens is 2. The van der Waals surface area contributed by atoms with Crippen molar-refractivity contribution in [1.29, 1.82) is 0 Å². The van der Waals surface area contributed by atoms with E-state index in [0.717, 1.165) is 21.6 Å². The predicted octanol–water partition coefficient (Wildman–Crippen LogP) is 5.76. The number of carbonyl (C=O) groups excluding carboxylic acids is 1. The number of hydrogen-bond donors (Lipinski definition) is 1. The zero-order valence-electron chi connectivity index (χ0n) is 19.5. The summed E-state index contributed by atoms with van der Waals surface area (Å²) in [6, 6.07) is 18.5. The number of thioether (sulfide) groups is 1. The van der Waals surface area contributed by atoms with Crippen molar-refractivity contribution in [3.63, 3.8) is 0 Å². The average Bonchev–Trinajstić information content (AvgIpc) is 3.59. The molecule has 3 heterocycles. The van der Waals surface area contributed by atoms with Gasteiger partial charge in [0.25, 0.3) is 5.89 Å². The van der Waals surface area contributed by atoms with Crippen LogP contribution in [0.25, 0.3) is 17.0 Å². The number of amides is 2. The number of rotatable bonds is 7. The van der Waals surface area contributed by atoms with Gasteiger partial charge < -0.3 is 19.0 Å². The molecule has 5 rings (SSSR count). The summed E-state index contributed by atoms with van der Waals surface area (Å²) in [5.41, 5.74) is 3.13. The molecule has 2 amide bonds. The lowest BCUT2D eigenvalue weighted by atomic mass is 9.94. The van der Waals surface area contributed by atoms with Gasteiger partial charge in [-0.15, -0.1) is 11.8 Å². The van der Waals surface area contributed by atoms with Gasteiger partial charge in [0.2, 0.25) is 5.82 Å². The van der Waals surface area contributed by atoms with Crippen LogP contribution in [-0.2, 0) is 6.54 Å². The van der Waals surface area contributed by atoms with Crippen molar-refractivity contribution in [3.8, 4) is 17.1 Å². The topological polar surface area (TPSA) is 93.6 Å². The normalized spacial score (nSPS) is 15.9. The number of hydrogen-bond acceptors (Lipinski definition) is 7. The summed E-state index contributed by atoms with van der Waals surface area (Å²) in [4.78, 5) is 20.6. The number of furan rings is 1. The molecule has 0 radical (unpaired) electrons. The van der Waals surface area contributed by atoms with E-state index in [1.54, 1.807) is 36.1 Å². The Labute approximate surface area is 207 Å². The molecule has 0 saturated carbocycles. The lowest BCUT2D eigenvalue weighted by molar-refractivity contribution is 0.199. The van der Waals surface area contributed by atoms with E-state index < -0.39 is 6.04 Å². The molecule has 0 fully saturated rings. The monoisotopic (exact) mass is 488 g/mol. The molecule has 1 aliphatic heterocycles. The van der Waals surface area contributed by atoms with E-state index in [1.807, 2.05) is 67.8 Å². The quantitative estimate of drug-likeness (QED) is 0.331. The fourth-order valence-corrected chi connectivity index (χ4v) is 4.47. The third kappa shape index (κ3) is 4.54. The third-order valence-electron chi connectivity index (χ3n) is 5.92. The van der Waals surface area contributed by atoms with Crippen LogP contribution in [-0.4, -0.2) is 34.4 Å². The maximum atomic E-state index is 13.2. The molecule has 1 aliphatic rings. The number of ether oxygens (including phenoxy) is 1. The van der Waals surface area contributed by atoms with E-state index in [1.165, 1.54) is 0 Å².